The van der Waals surface area contributed by atoms with Crippen molar-refractivity contribution in [2.24, 2.45) is 0 Å². The van der Waals surface area contributed by atoms with Gasteiger partial charge >= 0.3 is 0 Å². The first-order valence-corrected chi connectivity index (χ1v) is 10.1. The predicted octanol–water partition coefficient (Wildman–Crippen LogP) is 1.00. The fourth-order valence-corrected chi connectivity index (χ4v) is 4.08. The van der Waals surface area contributed by atoms with Gasteiger partial charge in [0.15, 0.2) is 5.16 Å². The van der Waals surface area contributed by atoms with Gasteiger partial charge in [0.2, 0.25) is 11.8 Å². The zero-order valence-corrected chi connectivity index (χ0v) is 15.1. The van der Waals surface area contributed by atoms with Crippen molar-refractivity contribution < 1.29 is 17.9 Å². The molecule has 0 aromatic carbocycles. The first kappa shape index (κ1) is 17.7. The van der Waals surface area contributed by atoms with E-state index in [1.807, 2.05) is 9.29 Å². The van der Waals surface area contributed by atoms with Gasteiger partial charge in [-0.2, -0.15) is 0 Å². The van der Waals surface area contributed by atoms with E-state index in [9.17, 15) is 13.2 Å². The van der Waals surface area contributed by atoms with Gasteiger partial charge in [-0.1, -0.05) is 11.8 Å². The van der Waals surface area contributed by atoms with Crippen molar-refractivity contribution in [2.75, 3.05) is 12.4 Å². The molecule has 11 heteroatoms. The lowest BCUT2D eigenvalue weighted by molar-refractivity contribution is -0.116. The Labute approximate surface area is 149 Å². The number of hydrogen-bond acceptors (Lipinski definition) is 8. The van der Waals surface area contributed by atoms with E-state index in [-0.39, 0.29) is 23.1 Å². The van der Waals surface area contributed by atoms with Crippen molar-refractivity contribution in [2.45, 2.75) is 35.9 Å². The molecule has 0 spiro atoms. The van der Waals surface area contributed by atoms with Gasteiger partial charge in [-0.25, -0.2) is 18.1 Å². The predicted molar refractivity (Wildman–Crippen MR) is 89.8 cm³/mol. The molecule has 1 aliphatic carbocycles. The molecule has 1 aliphatic rings. The normalized spacial score (nSPS) is 14.3. The lowest BCUT2D eigenvalue weighted by atomic mass is 10.5. The van der Waals surface area contributed by atoms with Crippen LogP contribution in [0.25, 0.3) is 0 Å². The Kier molecular flexibility index (Phi) is 5.23. The number of nitrogens with zero attached hydrogens (tertiary/aromatic N) is 4. The summed E-state index contributed by atoms with van der Waals surface area (Å²) in [4.78, 5) is 15.8. The van der Waals surface area contributed by atoms with Gasteiger partial charge in [-0.15, -0.1) is 10.2 Å². The second kappa shape index (κ2) is 7.40. The zero-order chi connectivity index (χ0) is 17.9. The Morgan fingerprint density at radius 1 is 1.48 bits per heavy atom. The lowest BCUT2D eigenvalue weighted by Gasteiger charge is -2.10. The molecule has 0 unspecified atom stereocenters. The molecule has 0 bridgehead atoms. The number of amides is 1. The van der Waals surface area contributed by atoms with Crippen LogP contribution in [0.5, 0.6) is 5.88 Å². The molecule has 1 N–H and O–H groups in total. The van der Waals surface area contributed by atoms with Crippen molar-refractivity contribution in [3.05, 3.63) is 24.7 Å². The summed E-state index contributed by atoms with van der Waals surface area (Å²) in [5.41, 5.74) is 0. The van der Waals surface area contributed by atoms with Crippen molar-refractivity contribution in [3.8, 4) is 5.88 Å². The summed E-state index contributed by atoms with van der Waals surface area (Å²) in [5, 5.41) is 8.40. The molecule has 0 aliphatic heterocycles. The Morgan fingerprint density at radius 3 is 3.00 bits per heavy atom. The van der Waals surface area contributed by atoms with Crippen LogP contribution in [0.1, 0.15) is 25.8 Å². The topological polar surface area (TPSA) is 116 Å². The number of thioether (sulfide) groups is 1. The van der Waals surface area contributed by atoms with Crippen LogP contribution in [0.4, 0.5) is 0 Å². The van der Waals surface area contributed by atoms with Gasteiger partial charge in [0.05, 0.1) is 12.4 Å². The number of aromatic nitrogens is 4. The van der Waals surface area contributed by atoms with Crippen molar-refractivity contribution in [1.82, 2.24) is 24.5 Å². The van der Waals surface area contributed by atoms with Gasteiger partial charge in [0.25, 0.3) is 10.0 Å². The largest absolute Gasteiger partial charge is 0.477 e. The van der Waals surface area contributed by atoms with E-state index in [1.165, 1.54) is 18.3 Å². The van der Waals surface area contributed by atoms with E-state index >= 15 is 0 Å². The first-order valence-electron chi connectivity index (χ1n) is 7.67. The molecule has 1 amide bonds. The highest BCUT2D eigenvalue weighted by molar-refractivity contribution is 8.00. The molecule has 3 rings (SSSR count). The Bertz CT molecular complexity index is 864. The van der Waals surface area contributed by atoms with Crippen LogP contribution in [-0.2, 0) is 14.8 Å². The number of nitrogens with one attached hydrogen (secondary N) is 1. The van der Waals surface area contributed by atoms with E-state index in [4.69, 9.17) is 4.74 Å². The minimum Gasteiger partial charge on any atom is -0.477 e. The summed E-state index contributed by atoms with van der Waals surface area (Å²) in [5.74, 6) is -0.775. The summed E-state index contributed by atoms with van der Waals surface area (Å²) >= 11 is 1.15. The first-order chi connectivity index (χ1) is 12.0. The van der Waals surface area contributed by atoms with Crippen LogP contribution in [0.3, 0.4) is 0 Å². The van der Waals surface area contributed by atoms with Crippen LogP contribution < -0.4 is 9.46 Å². The average molecular weight is 383 g/mol. The minimum absolute atomic E-state index is 0.0357. The second-order valence-corrected chi connectivity index (χ2v) is 7.90. The van der Waals surface area contributed by atoms with Crippen molar-refractivity contribution in [1.29, 1.82) is 0 Å². The molecule has 0 saturated heterocycles. The van der Waals surface area contributed by atoms with Gasteiger partial charge in [-0.05, 0) is 31.9 Å². The highest BCUT2D eigenvalue weighted by Crippen LogP contribution is 2.37. The third kappa shape index (κ3) is 4.28. The maximum Gasteiger partial charge on any atom is 0.269 e. The number of sulfonamides is 1. The quantitative estimate of drug-likeness (QED) is 0.671. The monoisotopic (exact) mass is 383 g/mol. The molecule has 0 atom stereocenters. The molecular formula is C14H17N5O4S2. The second-order valence-electron chi connectivity index (χ2n) is 5.31. The number of pyridine rings is 1. The van der Waals surface area contributed by atoms with Gasteiger partial charge < -0.3 is 9.30 Å². The maximum absolute atomic E-state index is 12.4. The highest BCUT2D eigenvalue weighted by atomic mass is 32.2. The maximum atomic E-state index is 12.4. The Hall–Kier alpha value is -2.14. The van der Waals surface area contributed by atoms with E-state index < -0.39 is 15.9 Å². The van der Waals surface area contributed by atoms with Gasteiger partial charge in [-0.3, -0.25) is 4.79 Å². The Morgan fingerprint density at radius 2 is 2.28 bits per heavy atom. The van der Waals surface area contributed by atoms with Crippen LogP contribution in [0, 0.1) is 0 Å². The highest BCUT2D eigenvalue weighted by Gasteiger charge is 2.27. The molecule has 2 heterocycles. The zero-order valence-electron chi connectivity index (χ0n) is 13.5. The summed E-state index contributed by atoms with van der Waals surface area (Å²) in [6.45, 7) is 1.98. The smallest absolute Gasteiger partial charge is 0.269 e. The number of rotatable bonds is 8. The third-order valence-electron chi connectivity index (χ3n) is 3.37. The Balaban J connectivity index is 1.64. The lowest BCUT2D eigenvalue weighted by Crippen LogP contribution is -2.32. The van der Waals surface area contributed by atoms with E-state index in [2.05, 4.69) is 15.2 Å². The molecule has 2 aromatic heterocycles. The standard InChI is InChI=1S/C14H17N5O4S2/c1-2-23-13-11(4-3-7-15-13)25(21,22)18-12(20)8-24-14-17-16-9-19(14)10-5-6-10/h3-4,7,9-10H,2,5-6,8H2,1H3,(H,18,20). The van der Waals surface area contributed by atoms with E-state index in [1.54, 1.807) is 13.3 Å². The fraction of sp³-hybridized carbons (Fsp3) is 0.429. The summed E-state index contributed by atoms with van der Waals surface area (Å²) in [7, 11) is -4.06. The number of ether oxygens (including phenoxy) is 1. The van der Waals surface area contributed by atoms with Crippen LogP contribution in [-0.4, -0.2) is 46.4 Å². The molecular weight excluding hydrogens is 366 g/mol. The van der Waals surface area contributed by atoms with Gasteiger partial charge in [0, 0.05) is 12.2 Å². The molecule has 1 saturated carbocycles. The third-order valence-corrected chi connectivity index (χ3v) is 5.71. The van der Waals surface area contributed by atoms with Crippen molar-refractivity contribution >= 4 is 27.7 Å². The van der Waals surface area contributed by atoms with Gasteiger partial charge in [0.1, 0.15) is 11.2 Å². The van der Waals surface area contributed by atoms with Crippen molar-refractivity contribution in [3.63, 3.8) is 0 Å². The fourth-order valence-electron chi connectivity index (χ4n) is 2.13. The molecule has 9 nitrogen and oxygen atoms in total. The summed E-state index contributed by atoms with van der Waals surface area (Å²) in [6.07, 6.45) is 5.17. The minimum atomic E-state index is -4.06. The summed E-state index contributed by atoms with van der Waals surface area (Å²) < 4.78 is 33.9. The van der Waals surface area contributed by atoms with E-state index in [0.29, 0.717) is 11.2 Å². The molecule has 0 radical (unpaired) electrons. The van der Waals surface area contributed by atoms with Crippen LogP contribution in [0.2, 0.25) is 0 Å². The number of carbonyl (C=O) groups is 1. The van der Waals surface area contributed by atoms with E-state index in [0.717, 1.165) is 24.6 Å². The molecule has 134 valence electrons. The molecule has 1 fully saturated rings. The summed E-state index contributed by atoms with van der Waals surface area (Å²) in [6, 6.07) is 3.19. The van der Waals surface area contributed by atoms with Crippen LogP contribution >= 0.6 is 11.8 Å². The van der Waals surface area contributed by atoms with Crippen LogP contribution in [0.15, 0.2) is 34.7 Å². The number of carbonyl (C=O) groups excluding carboxylic acids is 1. The number of hydrogen-bond donors (Lipinski definition) is 1. The molecule has 2 aromatic rings. The SMILES string of the molecule is CCOc1ncccc1S(=O)(=O)NC(=O)CSc1nncn1C1CC1. The molecule has 25 heavy (non-hydrogen) atoms. The average Bonchev–Trinajstić information content (AvgIpc) is 3.31.